The number of aromatic nitrogens is 2. The van der Waals surface area contributed by atoms with Crippen LogP contribution in [-0.2, 0) is 18.3 Å². The van der Waals surface area contributed by atoms with Gasteiger partial charge in [0.25, 0.3) is 5.91 Å². The zero-order chi connectivity index (χ0) is 14.8. The fraction of sp³-hybridized carbons (Fsp3) is 0.467. The molecule has 1 fully saturated rings. The molecule has 0 saturated carbocycles. The Morgan fingerprint density at radius 2 is 2.43 bits per heavy atom. The van der Waals surface area contributed by atoms with Crippen molar-refractivity contribution in [3.05, 3.63) is 41.6 Å². The van der Waals surface area contributed by atoms with Crippen LogP contribution < -0.4 is 0 Å². The van der Waals surface area contributed by atoms with E-state index in [2.05, 4.69) is 5.10 Å². The van der Waals surface area contributed by atoms with Crippen LogP contribution in [0.5, 0.6) is 0 Å². The van der Waals surface area contributed by atoms with Gasteiger partial charge in [-0.25, -0.2) is 0 Å². The Balaban J connectivity index is 1.80. The number of amides is 1. The van der Waals surface area contributed by atoms with E-state index in [1.165, 1.54) is 0 Å². The summed E-state index contributed by atoms with van der Waals surface area (Å²) in [7, 11) is 3.61. The van der Waals surface area contributed by atoms with Crippen LogP contribution >= 0.6 is 0 Å². The van der Waals surface area contributed by atoms with Gasteiger partial charge in [-0.2, -0.15) is 5.10 Å². The van der Waals surface area contributed by atoms with Crippen LogP contribution in [0.1, 0.15) is 34.2 Å². The van der Waals surface area contributed by atoms with E-state index in [1.54, 1.807) is 29.1 Å². The van der Waals surface area contributed by atoms with Gasteiger partial charge in [0, 0.05) is 32.8 Å². The summed E-state index contributed by atoms with van der Waals surface area (Å²) >= 11 is 0. The minimum atomic E-state index is -0.0404. The highest BCUT2D eigenvalue weighted by molar-refractivity contribution is 5.95. The highest BCUT2D eigenvalue weighted by atomic mass is 16.5. The van der Waals surface area contributed by atoms with Gasteiger partial charge in [-0.15, -0.1) is 0 Å². The molecule has 0 spiro atoms. The SMILES string of the molecule is CN(Cc1ccco1)C(=O)c1cn(C)nc1[C@@H]1CCOC1. The summed E-state index contributed by atoms with van der Waals surface area (Å²) in [5.41, 5.74) is 1.49. The summed E-state index contributed by atoms with van der Waals surface area (Å²) in [6.07, 6.45) is 4.31. The van der Waals surface area contributed by atoms with Crippen molar-refractivity contribution < 1.29 is 13.9 Å². The fourth-order valence-corrected chi connectivity index (χ4v) is 2.64. The number of aryl methyl sites for hydroxylation is 1. The minimum Gasteiger partial charge on any atom is -0.467 e. The van der Waals surface area contributed by atoms with E-state index in [4.69, 9.17) is 9.15 Å². The molecule has 0 bridgehead atoms. The van der Waals surface area contributed by atoms with Crippen molar-refractivity contribution in [3.63, 3.8) is 0 Å². The number of furan rings is 1. The molecule has 1 aliphatic rings. The summed E-state index contributed by atoms with van der Waals surface area (Å²) in [4.78, 5) is 14.3. The maximum absolute atomic E-state index is 12.7. The third-order valence-corrected chi connectivity index (χ3v) is 3.72. The molecule has 3 heterocycles. The summed E-state index contributed by atoms with van der Waals surface area (Å²) in [6.45, 7) is 1.82. The molecule has 0 aliphatic carbocycles. The topological polar surface area (TPSA) is 60.5 Å². The standard InChI is InChI=1S/C15H19N3O3/c1-17(8-12-4-3-6-21-12)15(19)13-9-18(2)16-14(13)11-5-7-20-10-11/h3-4,6,9,11H,5,7-8,10H2,1-2H3/t11-/m1/s1. The first-order valence-corrected chi connectivity index (χ1v) is 7.04. The molecule has 1 saturated heterocycles. The van der Waals surface area contributed by atoms with Crippen LogP contribution in [-0.4, -0.2) is 40.8 Å². The lowest BCUT2D eigenvalue weighted by molar-refractivity contribution is 0.0773. The first-order valence-electron chi connectivity index (χ1n) is 7.04. The molecule has 6 heteroatoms. The molecule has 6 nitrogen and oxygen atoms in total. The molecule has 0 radical (unpaired) electrons. The van der Waals surface area contributed by atoms with Gasteiger partial charge >= 0.3 is 0 Å². The molecule has 3 rings (SSSR count). The molecule has 21 heavy (non-hydrogen) atoms. The van der Waals surface area contributed by atoms with Crippen molar-refractivity contribution in [2.75, 3.05) is 20.3 Å². The van der Waals surface area contributed by atoms with Crippen molar-refractivity contribution >= 4 is 5.91 Å². The Bertz CT molecular complexity index is 612. The van der Waals surface area contributed by atoms with Crippen LogP contribution in [0.25, 0.3) is 0 Å². The second-order valence-electron chi connectivity index (χ2n) is 5.40. The molecule has 0 unspecified atom stereocenters. The Morgan fingerprint density at radius 1 is 1.57 bits per heavy atom. The summed E-state index contributed by atoms with van der Waals surface area (Å²) in [6, 6.07) is 3.68. The van der Waals surface area contributed by atoms with Crippen molar-refractivity contribution in [2.24, 2.45) is 7.05 Å². The van der Waals surface area contributed by atoms with Gasteiger partial charge in [-0.3, -0.25) is 9.48 Å². The normalized spacial score (nSPS) is 18.1. The Hall–Kier alpha value is -2.08. The predicted molar refractivity (Wildman–Crippen MR) is 75.9 cm³/mol. The monoisotopic (exact) mass is 289 g/mol. The molecule has 0 N–H and O–H groups in total. The highest BCUT2D eigenvalue weighted by Gasteiger charge is 2.28. The summed E-state index contributed by atoms with van der Waals surface area (Å²) in [5, 5.41) is 4.46. The largest absolute Gasteiger partial charge is 0.467 e. The lowest BCUT2D eigenvalue weighted by atomic mass is 10.0. The van der Waals surface area contributed by atoms with Gasteiger partial charge in [0.15, 0.2) is 0 Å². The molecular formula is C15H19N3O3. The second-order valence-corrected chi connectivity index (χ2v) is 5.40. The lowest BCUT2D eigenvalue weighted by Crippen LogP contribution is -2.27. The summed E-state index contributed by atoms with van der Waals surface area (Å²) < 4.78 is 12.4. The van der Waals surface area contributed by atoms with Crippen LogP contribution in [0.2, 0.25) is 0 Å². The van der Waals surface area contributed by atoms with E-state index in [9.17, 15) is 4.79 Å². The molecule has 112 valence electrons. The smallest absolute Gasteiger partial charge is 0.257 e. The molecule has 1 amide bonds. The van der Waals surface area contributed by atoms with Crippen LogP contribution in [0.15, 0.2) is 29.0 Å². The van der Waals surface area contributed by atoms with Crippen LogP contribution in [0.4, 0.5) is 0 Å². The number of ether oxygens (including phenoxy) is 1. The van der Waals surface area contributed by atoms with Crippen molar-refractivity contribution in [1.29, 1.82) is 0 Å². The Labute approximate surface area is 123 Å². The molecule has 1 atom stereocenters. The number of hydrogen-bond acceptors (Lipinski definition) is 4. The minimum absolute atomic E-state index is 0.0404. The number of carbonyl (C=O) groups excluding carboxylic acids is 1. The highest BCUT2D eigenvalue weighted by Crippen LogP contribution is 2.27. The van der Waals surface area contributed by atoms with E-state index in [-0.39, 0.29) is 11.8 Å². The zero-order valence-electron chi connectivity index (χ0n) is 12.3. The van der Waals surface area contributed by atoms with E-state index in [1.807, 2.05) is 19.2 Å². The molecule has 2 aromatic rings. The van der Waals surface area contributed by atoms with E-state index < -0.39 is 0 Å². The number of carbonyl (C=O) groups is 1. The van der Waals surface area contributed by atoms with Gasteiger partial charge < -0.3 is 14.1 Å². The molecule has 2 aromatic heterocycles. The average molecular weight is 289 g/mol. The maximum atomic E-state index is 12.7. The zero-order valence-corrected chi connectivity index (χ0v) is 12.3. The number of hydrogen-bond donors (Lipinski definition) is 0. The predicted octanol–water partition coefficient (Wildman–Crippen LogP) is 1.79. The van der Waals surface area contributed by atoms with Crippen molar-refractivity contribution in [2.45, 2.75) is 18.9 Å². The van der Waals surface area contributed by atoms with E-state index >= 15 is 0 Å². The van der Waals surface area contributed by atoms with Gasteiger partial charge in [0.2, 0.25) is 0 Å². The van der Waals surface area contributed by atoms with Crippen LogP contribution in [0, 0.1) is 0 Å². The first-order chi connectivity index (χ1) is 10.1. The maximum Gasteiger partial charge on any atom is 0.257 e. The Kier molecular flexibility index (Phi) is 3.79. The lowest BCUT2D eigenvalue weighted by Gasteiger charge is -2.16. The quantitative estimate of drug-likeness (QED) is 0.861. The van der Waals surface area contributed by atoms with Gasteiger partial charge in [0.1, 0.15) is 5.76 Å². The Morgan fingerprint density at radius 3 is 3.10 bits per heavy atom. The number of rotatable bonds is 4. The van der Waals surface area contributed by atoms with Gasteiger partial charge in [-0.05, 0) is 18.6 Å². The third-order valence-electron chi connectivity index (χ3n) is 3.72. The molecular weight excluding hydrogens is 270 g/mol. The average Bonchev–Trinajstić information content (AvgIpc) is 3.17. The van der Waals surface area contributed by atoms with Crippen molar-refractivity contribution in [3.8, 4) is 0 Å². The first kappa shape index (κ1) is 13.9. The third kappa shape index (κ3) is 2.85. The van der Waals surface area contributed by atoms with E-state index in [0.29, 0.717) is 18.7 Å². The van der Waals surface area contributed by atoms with Crippen LogP contribution in [0.3, 0.4) is 0 Å². The summed E-state index contributed by atoms with van der Waals surface area (Å²) in [5.74, 6) is 0.934. The number of nitrogens with zero attached hydrogens (tertiary/aromatic N) is 3. The van der Waals surface area contributed by atoms with Crippen molar-refractivity contribution in [1.82, 2.24) is 14.7 Å². The second kappa shape index (κ2) is 5.73. The molecule has 0 aromatic carbocycles. The van der Waals surface area contributed by atoms with Gasteiger partial charge in [0.05, 0.1) is 30.7 Å². The van der Waals surface area contributed by atoms with E-state index in [0.717, 1.165) is 24.5 Å². The molecule has 1 aliphatic heterocycles. The van der Waals surface area contributed by atoms with Gasteiger partial charge in [-0.1, -0.05) is 0 Å². The fourth-order valence-electron chi connectivity index (χ4n) is 2.64.